The van der Waals surface area contributed by atoms with Gasteiger partial charge in [-0.25, -0.2) is 0 Å². The largest absolute Gasteiger partial charge is 0.491 e. The minimum atomic E-state index is 0.443. The molecular weight excluding hydrogens is 1220 g/mol. The number of rotatable bonds is 53. The van der Waals surface area contributed by atoms with E-state index in [1.54, 1.807) is 14.2 Å². The second-order valence-electron chi connectivity index (χ2n) is 22.4. The van der Waals surface area contributed by atoms with Crippen molar-refractivity contribution in [2.75, 3.05) is 199 Å². The summed E-state index contributed by atoms with van der Waals surface area (Å²) < 4.78 is 88.3. The van der Waals surface area contributed by atoms with Gasteiger partial charge in [-0.1, -0.05) is 136 Å². The monoisotopic (exact) mass is 1320 g/mol. The van der Waals surface area contributed by atoms with E-state index in [9.17, 15) is 0 Å². The van der Waals surface area contributed by atoms with E-state index in [0.29, 0.717) is 185 Å². The molecule has 16 nitrogen and oxygen atoms in total. The Morgan fingerprint density at radius 1 is 0.260 bits per heavy atom. The summed E-state index contributed by atoms with van der Waals surface area (Å²) in [6.07, 6.45) is 8.42. The van der Waals surface area contributed by atoms with Crippen LogP contribution in [0.5, 0.6) is 11.5 Å². The van der Waals surface area contributed by atoms with E-state index in [1.165, 1.54) is 48.4 Å². The Bertz CT molecular complexity index is 3070. The molecule has 0 aliphatic carbocycles. The fraction of sp³-hybridized carbons (Fsp3) is 0.475. The smallest absolute Gasteiger partial charge is 0.119 e. The van der Waals surface area contributed by atoms with Gasteiger partial charge >= 0.3 is 0 Å². The number of hydrogen-bond acceptors (Lipinski definition) is 16. The van der Waals surface area contributed by atoms with Crippen molar-refractivity contribution in [3.63, 3.8) is 0 Å². The van der Waals surface area contributed by atoms with Gasteiger partial charge in [0, 0.05) is 36.5 Å². The van der Waals surface area contributed by atoms with Crippen LogP contribution in [0.3, 0.4) is 0 Å². The Labute approximate surface area is 570 Å². The van der Waals surface area contributed by atoms with E-state index in [-0.39, 0.29) is 0 Å². The lowest BCUT2D eigenvalue weighted by molar-refractivity contribution is -0.0199. The molecule has 0 aliphatic heterocycles. The summed E-state index contributed by atoms with van der Waals surface area (Å²) in [5.74, 6) is 15.8. The summed E-state index contributed by atoms with van der Waals surface area (Å²) in [6, 6.07) is 48.6. The Kier molecular flexibility index (Phi) is 39.6. The molecule has 7 rings (SSSR count). The number of aryl methyl sites for hydroxylation is 1. The van der Waals surface area contributed by atoms with Crippen molar-refractivity contribution in [3.05, 3.63) is 167 Å². The van der Waals surface area contributed by atoms with Crippen LogP contribution in [-0.4, -0.2) is 199 Å². The minimum Gasteiger partial charge on any atom is -0.491 e. The van der Waals surface area contributed by atoms with Crippen LogP contribution in [0.2, 0.25) is 0 Å². The molecule has 16 heteroatoms. The molecule has 0 heterocycles. The topological polar surface area (TPSA) is 148 Å². The lowest BCUT2D eigenvalue weighted by atomic mass is 9.89. The highest BCUT2D eigenvalue weighted by atomic mass is 16.6. The maximum atomic E-state index is 5.96. The highest BCUT2D eigenvalue weighted by molar-refractivity contribution is 6.06. The number of hydrogen-bond donors (Lipinski definition) is 0. The van der Waals surface area contributed by atoms with Crippen molar-refractivity contribution in [2.24, 2.45) is 0 Å². The number of benzene rings is 7. The molecule has 0 saturated heterocycles. The standard InChI is InChI=1S/C80H102O16/c1-4-5-6-7-8-9-14-76-77-15-10-12-72(27-21-66-17-23-68(24-18-66)70-29-33-74(34-30-70)95-63-61-93-59-57-91-55-53-89-51-49-87-47-45-85-43-41-83-39-37-81-2)79(77)65-80-73(13-11-16-78(76)80)28-22-67-19-25-69(26-20-67)71-31-35-75(36-32-71)96-64-62-94-60-58-92-56-54-90-52-50-88-48-46-86-44-42-84-40-38-82-3/h10-13,15-20,23-26,29-36,65H,4-9,14,37-64H2,1-3H3. The molecule has 7 aromatic carbocycles. The van der Waals surface area contributed by atoms with Gasteiger partial charge in [0.2, 0.25) is 0 Å². The maximum absolute atomic E-state index is 5.96. The molecule has 0 atom stereocenters. The summed E-state index contributed by atoms with van der Waals surface area (Å²) in [7, 11) is 3.30. The highest BCUT2D eigenvalue weighted by Crippen LogP contribution is 2.34. The molecular formula is C80H102O16. The molecule has 0 spiro atoms. The van der Waals surface area contributed by atoms with E-state index in [4.69, 9.17) is 75.8 Å². The summed E-state index contributed by atoms with van der Waals surface area (Å²) in [5, 5.41) is 4.82. The number of fused-ring (bicyclic) bond motifs is 2. The first kappa shape index (κ1) is 76.6. The Hall–Kier alpha value is -6.78. The second-order valence-corrected chi connectivity index (χ2v) is 22.4. The van der Waals surface area contributed by atoms with Gasteiger partial charge in [0.1, 0.15) is 24.7 Å². The van der Waals surface area contributed by atoms with Gasteiger partial charge in [-0.3, -0.25) is 0 Å². The predicted molar refractivity (Wildman–Crippen MR) is 379 cm³/mol. The second kappa shape index (κ2) is 49.7. The fourth-order valence-corrected chi connectivity index (χ4v) is 10.2. The zero-order valence-corrected chi connectivity index (χ0v) is 57.1. The molecule has 96 heavy (non-hydrogen) atoms. The SMILES string of the molecule is CCCCCCCCc1c2cccc(C#Cc3ccc(-c4ccc(OCCOCCOCCOCCOCCOCCOCCOC)cc4)cc3)c2cc2c(C#Cc3ccc(-c4ccc(OCCOCCOCCOCCOCCOCCOCCOC)cc4)cc3)cccc12. The molecule has 0 saturated carbocycles. The summed E-state index contributed by atoms with van der Waals surface area (Å²) in [4.78, 5) is 0. The van der Waals surface area contributed by atoms with Gasteiger partial charge in [0.05, 0.1) is 172 Å². The van der Waals surface area contributed by atoms with Gasteiger partial charge in [-0.05, 0) is 129 Å². The molecule has 0 aliphatic rings. The average molecular weight is 1320 g/mol. The highest BCUT2D eigenvalue weighted by Gasteiger charge is 2.13. The molecule has 0 radical (unpaired) electrons. The number of ether oxygens (including phenoxy) is 16. The summed E-state index contributed by atoms with van der Waals surface area (Å²) in [6.45, 7) is 16.6. The predicted octanol–water partition coefficient (Wildman–Crippen LogP) is 13.3. The normalized spacial score (nSPS) is 11.3. The maximum Gasteiger partial charge on any atom is 0.119 e. The van der Waals surface area contributed by atoms with Crippen LogP contribution in [-0.2, 0) is 72.7 Å². The third kappa shape index (κ3) is 30.7. The van der Waals surface area contributed by atoms with Crippen molar-refractivity contribution >= 4 is 21.5 Å². The average Bonchev–Trinajstić information content (AvgIpc) is 0.761. The van der Waals surface area contributed by atoms with Crippen LogP contribution in [0.15, 0.2) is 140 Å². The van der Waals surface area contributed by atoms with Crippen LogP contribution in [0.4, 0.5) is 0 Å². The van der Waals surface area contributed by atoms with Crippen LogP contribution in [0, 0.1) is 23.7 Å². The van der Waals surface area contributed by atoms with Gasteiger partial charge in [0.15, 0.2) is 0 Å². The van der Waals surface area contributed by atoms with E-state index < -0.39 is 0 Å². The number of methoxy groups -OCH3 is 2. The van der Waals surface area contributed by atoms with Crippen molar-refractivity contribution in [2.45, 2.75) is 51.9 Å². The molecule has 0 aromatic heterocycles. The van der Waals surface area contributed by atoms with Crippen LogP contribution >= 0.6 is 0 Å². The zero-order chi connectivity index (χ0) is 66.8. The lowest BCUT2D eigenvalue weighted by Crippen LogP contribution is -2.15. The van der Waals surface area contributed by atoms with E-state index >= 15 is 0 Å². The van der Waals surface area contributed by atoms with E-state index in [0.717, 1.165) is 79.6 Å². The van der Waals surface area contributed by atoms with Crippen molar-refractivity contribution < 1.29 is 75.8 Å². The molecule has 7 aromatic rings. The van der Waals surface area contributed by atoms with Crippen LogP contribution < -0.4 is 9.47 Å². The van der Waals surface area contributed by atoms with Crippen LogP contribution in [0.1, 0.15) is 73.3 Å². The fourth-order valence-electron chi connectivity index (χ4n) is 10.2. The minimum absolute atomic E-state index is 0.443. The first-order valence-corrected chi connectivity index (χ1v) is 34.2. The first-order valence-electron chi connectivity index (χ1n) is 34.2. The lowest BCUT2D eigenvalue weighted by Gasteiger charge is -2.14. The van der Waals surface area contributed by atoms with Gasteiger partial charge < -0.3 is 75.8 Å². The number of unbranched alkanes of at least 4 members (excludes halogenated alkanes) is 5. The van der Waals surface area contributed by atoms with Crippen LogP contribution in [0.25, 0.3) is 43.8 Å². The van der Waals surface area contributed by atoms with Crippen molar-refractivity contribution in [1.29, 1.82) is 0 Å². The Balaban J connectivity index is 0.829. The molecule has 518 valence electrons. The van der Waals surface area contributed by atoms with E-state index in [1.807, 2.05) is 24.3 Å². The third-order valence-electron chi connectivity index (χ3n) is 15.3. The zero-order valence-electron chi connectivity index (χ0n) is 57.1. The van der Waals surface area contributed by atoms with Gasteiger partial charge in [-0.2, -0.15) is 0 Å². The van der Waals surface area contributed by atoms with E-state index in [2.05, 4.69) is 146 Å². The molecule has 0 amide bonds. The van der Waals surface area contributed by atoms with Crippen molar-refractivity contribution in [1.82, 2.24) is 0 Å². The third-order valence-corrected chi connectivity index (χ3v) is 15.3. The quantitative estimate of drug-likeness (QED) is 0.0202. The molecule has 0 bridgehead atoms. The molecule has 0 unspecified atom stereocenters. The Morgan fingerprint density at radius 3 is 0.854 bits per heavy atom. The molecule has 0 N–H and O–H groups in total. The van der Waals surface area contributed by atoms with Crippen molar-refractivity contribution in [3.8, 4) is 57.4 Å². The Morgan fingerprint density at radius 2 is 0.542 bits per heavy atom. The summed E-state index contributed by atoms with van der Waals surface area (Å²) >= 11 is 0. The van der Waals surface area contributed by atoms with Gasteiger partial charge in [-0.15, -0.1) is 0 Å². The first-order chi connectivity index (χ1) is 47.6. The van der Waals surface area contributed by atoms with Gasteiger partial charge in [0.25, 0.3) is 0 Å². The summed E-state index contributed by atoms with van der Waals surface area (Å²) in [5.41, 5.74) is 9.68. The molecule has 0 fully saturated rings.